The van der Waals surface area contributed by atoms with Gasteiger partial charge in [0.1, 0.15) is 11.8 Å². The molecule has 1 unspecified atom stereocenters. The smallest absolute Gasteiger partial charge is 0.254 e. The van der Waals surface area contributed by atoms with E-state index in [1.54, 1.807) is 25.1 Å². The minimum Gasteiger partial charge on any atom is -0.497 e. The first kappa shape index (κ1) is 13.8. The monoisotopic (exact) mass is 251 g/mol. The van der Waals surface area contributed by atoms with Crippen LogP contribution < -0.4 is 21.1 Å². The van der Waals surface area contributed by atoms with E-state index in [0.717, 1.165) is 0 Å². The molecular formula is C12H17N3O3. The van der Waals surface area contributed by atoms with Crippen LogP contribution in [0.4, 0.5) is 5.69 Å². The number of carbonyl (C=O) groups excluding carboxylic acids is 2. The molecule has 0 radical (unpaired) electrons. The number of methoxy groups -OCH3 is 1. The molecule has 1 rings (SSSR count). The Morgan fingerprint density at radius 1 is 1.39 bits per heavy atom. The maximum absolute atomic E-state index is 11.9. The third-order valence-corrected chi connectivity index (χ3v) is 2.49. The molecule has 6 nitrogen and oxygen atoms in total. The Morgan fingerprint density at radius 2 is 2.06 bits per heavy atom. The van der Waals surface area contributed by atoms with E-state index in [1.165, 1.54) is 14.2 Å². The molecule has 1 aromatic carbocycles. The molecule has 0 saturated heterocycles. The molecule has 0 saturated carbocycles. The van der Waals surface area contributed by atoms with Crippen LogP contribution >= 0.6 is 0 Å². The molecule has 2 amide bonds. The topological polar surface area (TPSA) is 93.5 Å². The van der Waals surface area contributed by atoms with Crippen molar-refractivity contribution in [3.8, 4) is 5.75 Å². The summed E-state index contributed by atoms with van der Waals surface area (Å²) in [6.07, 6.45) is 0. The maximum Gasteiger partial charge on any atom is 0.254 e. The molecule has 0 heterocycles. The molecule has 0 aliphatic heterocycles. The Bertz CT molecular complexity index is 460. The second-order valence-corrected chi connectivity index (χ2v) is 3.76. The largest absolute Gasteiger partial charge is 0.497 e. The van der Waals surface area contributed by atoms with Crippen LogP contribution in [-0.2, 0) is 4.79 Å². The van der Waals surface area contributed by atoms with Gasteiger partial charge in [-0.25, -0.2) is 0 Å². The minimum absolute atomic E-state index is 0.268. The number of ether oxygens (including phenoxy) is 1. The molecule has 0 bridgehead atoms. The van der Waals surface area contributed by atoms with Crippen LogP contribution in [0.1, 0.15) is 17.3 Å². The van der Waals surface area contributed by atoms with Gasteiger partial charge in [0.15, 0.2) is 0 Å². The van der Waals surface area contributed by atoms with Gasteiger partial charge < -0.3 is 21.1 Å². The second-order valence-electron chi connectivity index (χ2n) is 3.76. The summed E-state index contributed by atoms with van der Waals surface area (Å²) in [6, 6.07) is 4.12. The molecule has 0 aliphatic rings. The predicted molar refractivity (Wildman–Crippen MR) is 68.4 cm³/mol. The van der Waals surface area contributed by atoms with E-state index in [9.17, 15) is 9.59 Å². The van der Waals surface area contributed by atoms with Crippen molar-refractivity contribution < 1.29 is 14.3 Å². The highest BCUT2D eigenvalue weighted by molar-refractivity contribution is 6.01. The summed E-state index contributed by atoms with van der Waals surface area (Å²) in [4.78, 5) is 23.2. The van der Waals surface area contributed by atoms with Gasteiger partial charge in [-0.1, -0.05) is 0 Å². The molecule has 18 heavy (non-hydrogen) atoms. The number of nitrogens with two attached hydrogens (primary N) is 1. The predicted octanol–water partition coefficient (Wildman–Crippen LogP) is 0.142. The van der Waals surface area contributed by atoms with E-state index in [0.29, 0.717) is 17.0 Å². The summed E-state index contributed by atoms with van der Waals surface area (Å²) in [7, 11) is 3.02. The average Bonchev–Trinajstić information content (AvgIpc) is 2.37. The van der Waals surface area contributed by atoms with E-state index in [4.69, 9.17) is 10.5 Å². The number of nitrogens with one attached hydrogen (secondary N) is 2. The summed E-state index contributed by atoms with van der Waals surface area (Å²) in [5, 5.41) is 5.00. The first-order valence-corrected chi connectivity index (χ1v) is 5.45. The zero-order valence-electron chi connectivity index (χ0n) is 10.6. The number of hydrogen-bond donors (Lipinski definition) is 3. The fourth-order valence-corrected chi connectivity index (χ4v) is 1.43. The van der Waals surface area contributed by atoms with Crippen molar-refractivity contribution in [3.63, 3.8) is 0 Å². The SMILES string of the molecule is CNC(=O)C(C)NC(=O)c1ccc(OC)cc1N. The van der Waals surface area contributed by atoms with Gasteiger partial charge in [-0.05, 0) is 19.1 Å². The fraction of sp³-hybridized carbons (Fsp3) is 0.333. The number of benzene rings is 1. The van der Waals surface area contributed by atoms with Crippen LogP contribution in [0, 0.1) is 0 Å². The van der Waals surface area contributed by atoms with Crippen molar-refractivity contribution in [2.24, 2.45) is 0 Å². The van der Waals surface area contributed by atoms with Crippen molar-refractivity contribution in [2.45, 2.75) is 13.0 Å². The van der Waals surface area contributed by atoms with E-state index in [1.807, 2.05) is 0 Å². The van der Waals surface area contributed by atoms with Crippen molar-refractivity contribution in [1.82, 2.24) is 10.6 Å². The second kappa shape index (κ2) is 5.90. The highest BCUT2D eigenvalue weighted by Gasteiger charge is 2.17. The van der Waals surface area contributed by atoms with E-state index < -0.39 is 11.9 Å². The standard InChI is InChI=1S/C12H17N3O3/c1-7(11(16)14-2)15-12(17)9-5-4-8(18-3)6-10(9)13/h4-7H,13H2,1-3H3,(H,14,16)(H,15,17). The van der Waals surface area contributed by atoms with Crippen molar-refractivity contribution >= 4 is 17.5 Å². The lowest BCUT2D eigenvalue weighted by atomic mass is 10.1. The molecule has 1 aromatic rings. The number of anilines is 1. The van der Waals surface area contributed by atoms with Crippen LogP contribution in [0.25, 0.3) is 0 Å². The number of rotatable bonds is 4. The molecular weight excluding hydrogens is 234 g/mol. The molecule has 0 aliphatic carbocycles. The van der Waals surface area contributed by atoms with Gasteiger partial charge in [-0.2, -0.15) is 0 Å². The van der Waals surface area contributed by atoms with Crippen molar-refractivity contribution in [3.05, 3.63) is 23.8 Å². The highest BCUT2D eigenvalue weighted by atomic mass is 16.5. The first-order valence-electron chi connectivity index (χ1n) is 5.45. The zero-order valence-corrected chi connectivity index (χ0v) is 10.6. The van der Waals surface area contributed by atoms with Crippen molar-refractivity contribution in [1.29, 1.82) is 0 Å². The van der Waals surface area contributed by atoms with Gasteiger partial charge >= 0.3 is 0 Å². The van der Waals surface area contributed by atoms with E-state index >= 15 is 0 Å². The van der Waals surface area contributed by atoms with Gasteiger partial charge in [-0.3, -0.25) is 9.59 Å². The zero-order chi connectivity index (χ0) is 13.7. The Balaban J connectivity index is 2.82. The summed E-state index contributed by atoms with van der Waals surface area (Å²) in [6.45, 7) is 1.59. The summed E-state index contributed by atoms with van der Waals surface area (Å²) >= 11 is 0. The van der Waals surface area contributed by atoms with Gasteiger partial charge in [0.2, 0.25) is 5.91 Å². The minimum atomic E-state index is -0.621. The van der Waals surface area contributed by atoms with E-state index in [-0.39, 0.29) is 5.91 Å². The lowest BCUT2D eigenvalue weighted by Gasteiger charge is -2.13. The summed E-state index contributed by atoms with van der Waals surface area (Å²) in [5.41, 5.74) is 6.35. The molecule has 1 atom stereocenters. The third kappa shape index (κ3) is 3.13. The molecule has 0 aromatic heterocycles. The molecule has 4 N–H and O–H groups in total. The van der Waals surface area contributed by atoms with Crippen LogP contribution in [0.15, 0.2) is 18.2 Å². The van der Waals surface area contributed by atoms with Gasteiger partial charge in [0.25, 0.3) is 5.91 Å². The number of hydrogen-bond acceptors (Lipinski definition) is 4. The van der Waals surface area contributed by atoms with Crippen LogP contribution in [0.5, 0.6) is 5.75 Å². The lowest BCUT2D eigenvalue weighted by molar-refractivity contribution is -0.122. The number of likely N-dealkylation sites (N-methyl/N-ethyl adjacent to an activating group) is 1. The number of nitrogen functional groups attached to an aromatic ring is 1. The molecule has 0 fully saturated rings. The summed E-state index contributed by atoms with van der Waals surface area (Å²) in [5.74, 6) is -0.0925. The molecule has 6 heteroatoms. The number of carbonyl (C=O) groups is 2. The van der Waals surface area contributed by atoms with Gasteiger partial charge in [0.05, 0.1) is 12.7 Å². The van der Waals surface area contributed by atoms with Crippen LogP contribution in [0.2, 0.25) is 0 Å². The lowest BCUT2D eigenvalue weighted by Crippen LogP contribution is -2.43. The Kier molecular flexibility index (Phi) is 4.53. The van der Waals surface area contributed by atoms with E-state index in [2.05, 4.69) is 10.6 Å². The highest BCUT2D eigenvalue weighted by Crippen LogP contribution is 2.19. The Morgan fingerprint density at radius 3 is 2.56 bits per heavy atom. The Labute approximate surface area is 105 Å². The average molecular weight is 251 g/mol. The van der Waals surface area contributed by atoms with Crippen molar-refractivity contribution in [2.75, 3.05) is 19.9 Å². The number of amides is 2. The Hall–Kier alpha value is -2.24. The normalized spacial score (nSPS) is 11.5. The first-order chi connectivity index (χ1) is 8.49. The molecule has 0 spiro atoms. The maximum atomic E-state index is 11.9. The fourth-order valence-electron chi connectivity index (χ4n) is 1.43. The van der Waals surface area contributed by atoms with Gasteiger partial charge in [0, 0.05) is 18.8 Å². The molecule has 98 valence electrons. The van der Waals surface area contributed by atoms with Crippen LogP contribution in [-0.4, -0.2) is 32.0 Å². The van der Waals surface area contributed by atoms with Gasteiger partial charge in [-0.15, -0.1) is 0 Å². The quantitative estimate of drug-likeness (QED) is 0.664. The van der Waals surface area contributed by atoms with Crippen LogP contribution in [0.3, 0.4) is 0 Å². The summed E-state index contributed by atoms with van der Waals surface area (Å²) < 4.78 is 4.99. The third-order valence-electron chi connectivity index (χ3n) is 2.49.